The summed E-state index contributed by atoms with van der Waals surface area (Å²) < 4.78 is 7.56. The zero-order valence-corrected chi connectivity index (χ0v) is 18.9. The smallest absolute Gasteiger partial charge is 0.215 e. The maximum absolute atomic E-state index is 12.5. The lowest BCUT2D eigenvalue weighted by atomic mass is 9.96. The maximum atomic E-state index is 12.5. The molecule has 0 aliphatic rings. The highest BCUT2D eigenvalue weighted by atomic mass is 16.5. The molecule has 0 saturated carbocycles. The Balaban J connectivity index is 1.39. The van der Waals surface area contributed by atoms with Gasteiger partial charge in [0.05, 0.1) is 5.39 Å². The van der Waals surface area contributed by atoms with Gasteiger partial charge in [0, 0.05) is 25.1 Å². The second kappa shape index (κ2) is 9.77. The SMILES string of the molecule is Cc1cc(OCC(=O)CC(C)CCc2ccccc2)nc2c1c(-c1ccccc1)nn2C. The number of fused-ring (bicyclic) bond motifs is 1. The van der Waals surface area contributed by atoms with Gasteiger partial charge in [0.1, 0.15) is 12.3 Å². The molecule has 1 atom stereocenters. The first kappa shape index (κ1) is 21.8. The number of aromatic nitrogens is 3. The average Bonchev–Trinajstić information content (AvgIpc) is 3.14. The van der Waals surface area contributed by atoms with Crippen LogP contribution in [0, 0.1) is 12.8 Å². The molecule has 2 heterocycles. The number of nitrogens with zero attached hydrogens (tertiary/aromatic N) is 3. The summed E-state index contributed by atoms with van der Waals surface area (Å²) in [5, 5.41) is 5.68. The van der Waals surface area contributed by atoms with E-state index in [0.717, 1.165) is 40.7 Å². The van der Waals surface area contributed by atoms with E-state index in [1.54, 1.807) is 4.68 Å². The van der Waals surface area contributed by atoms with Crippen LogP contribution in [-0.4, -0.2) is 27.2 Å². The Morgan fingerprint density at radius 3 is 2.47 bits per heavy atom. The van der Waals surface area contributed by atoms with E-state index in [-0.39, 0.29) is 12.4 Å². The van der Waals surface area contributed by atoms with E-state index in [1.807, 2.05) is 56.4 Å². The summed E-state index contributed by atoms with van der Waals surface area (Å²) in [6.07, 6.45) is 2.48. The van der Waals surface area contributed by atoms with Gasteiger partial charge in [-0.2, -0.15) is 10.1 Å². The molecule has 2 aromatic carbocycles. The highest BCUT2D eigenvalue weighted by Crippen LogP contribution is 2.31. The quantitative estimate of drug-likeness (QED) is 0.351. The standard InChI is InChI=1S/C27H29N3O2/c1-19(14-15-21-10-6-4-7-11-21)16-23(31)18-32-24-17-20(2)25-26(22-12-8-5-9-13-22)29-30(3)27(25)28-24/h4-13,17,19H,14-16,18H2,1-3H3. The first-order chi connectivity index (χ1) is 15.5. The van der Waals surface area contributed by atoms with Crippen molar-refractivity contribution in [1.82, 2.24) is 14.8 Å². The Bertz CT molecular complexity index is 1200. The second-order valence-electron chi connectivity index (χ2n) is 8.48. The van der Waals surface area contributed by atoms with E-state index in [2.05, 4.69) is 41.3 Å². The van der Waals surface area contributed by atoms with Gasteiger partial charge in [-0.15, -0.1) is 0 Å². The van der Waals surface area contributed by atoms with Crippen LogP contribution in [0.15, 0.2) is 66.7 Å². The number of pyridine rings is 1. The first-order valence-electron chi connectivity index (χ1n) is 11.1. The van der Waals surface area contributed by atoms with E-state index in [4.69, 9.17) is 4.74 Å². The average molecular weight is 428 g/mol. The van der Waals surface area contributed by atoms with Crippen molar-refractivity contribution in [3.8, 4) is 17.1 Å². The third kappa shape index (κ3) is 5.05. The van der Waals surface area contributed by atoms with Crippen molar-refractivity contribution in [2.45, 2.75) is 33.1 Å². The Morgan fingerprint density at radius 2 is 1.75 bits per heavy atom. The number of Topliss-reactive ketones (excluding diaryl/α,β-unsaturated/α-hetero) is 1. The van der Waals surface area contributed by atoms with Gasteiger partial charge >= 0.3 is 0 Å². The zero-order valence-electron chi connectivity index (χ0n) is 18.9. The number of hydrogen-bond acceptors (Lipinski definition) is 4. The molecule has 5 nitrogen and oxygen atoms in total. The predicted octanol–water partition coefficient (Wildman–Crippen LogP) is 5.55. The van der Waals surface area contributed by atoms with E-state index >= 15 is 0 Å². The molecular weight excluding hydrogens is 398 g/mol. The third-order valence-corrected chi connectivity index (χ3v) is 5.74. The topological polar surface area (TPSA) is 57.0 Å². The van der Waals surface area contributed by atoms with Crippen molar-refractivity contribution in [3.63, 3.8) is 0 Å². The molecule has 0 aliphatic carbocycles. The molecule has 0 N–H and O–H groups in total. The molecule has 4 rings (SSSR count). The number of rotatable bonds is 9. The molecular formula is C27H29N3O2. The minimum atomic E-state index is 0.0387. The lowest BCUT2D eigenvalue weighted by molar-refractivity contribution is -0.121. The van der Waals surface area contributed by atoms with Crippen LogP contribution in [-0.2, 0) is 18.3 Å². The van der Waals surface area contributed by atoms with Crippen molar-refractivity contribution in [1.29, 1.82) is 0 Å². The number of ether oxygens (including phenoxy) is 1. The first-order valence-corrected chi connectivity index (χ1v) is 11.1. The molecule has 2 aromatic heterocycles. The van der Waals surface area contributed by atoms with Gasteiger partial charge in [-0.3, -0.25) is 4.79 Å². The van der Waals surface area contributed by atoms with Crippen LogP contribution in [0.3, 0.4) is 0 Å². The summed E-state index contributed by atoms with van der Waals surface area (Å²) in [5.41, 5.74) is 5.05. The van der Waals surface area contributed by atoms with Crippen molar-refractivity contribution in [2.24, 2.45) is 13.0 Å². The van der Waals surface area contributed by atoms with Crippen LogP contribution in [0.4, 0.5) is 0 Å². The molecule has 5 heteroatoms. The van der Waals surface area contributed by atoms with Gasteiger partial charge < -0.3 is 4.74 Å². The molecule has 164 valence electrons. The lowest BCUT2D eigenvalue weighted by Gasteiger charge is -2.11. The van der Waals surface area contributed by atoms with E-state index in [1.165, 1.54) is 5.56 Å². The largest absolute Gasteiger partial charge is 0.470 e. The molecule has 1 unspecified atom stereocenters. The van der Waals surface area contributed by atoms with Crippen LogP contribution in [0.1, 0.15) is 30.9 Å². The Labute approximate surface area is 189 Å². The van der Waals surface area contributed by atoms with Gasteiger partial charge in [-0.1, -0.05) is 67.6 Å². The summed E-state index contributed by atoms with van der Waals surface area (Å²) in [4.78, 5) is 17.1. The number of benzene rings is 2. The molecule has 4 aromatic rings. The minimum absolute atomic E-state index is 0.0387. The van der Waals surface area contributed by atoms with Crippen LogP contribution in [0.25, 0.3) is 22.3 Å². The molecule has 0 radical (unpaired) electrons. The van der Waals surface area contributed by atoms with Crippen LogP contribution >= 0.6 is 0 Å². The summed E-state index contributed by atoms with van der Waals surface area (Å²) in [6.45, 7) is 4.19. The van der Waals surface area contributed by atoms with Gasteiger partial charge in [0.25, 0.3) is 0 Å². The highest BCUT2D eigenvalue weighted by Gasteiger charge is 2.17. The molecule has 0 aliphatic heterocycles. The van der Waals surface area contributed by atoms with Gasteiger partial charge in [-0.25, -0.2) is 4.68 Å². The Hall–Kier alpha value is -3.47. The molecule has 32 heavy (non-hydrogen) atoms. The molecule has 0 amide bonds. The molecule has 0 fully saturated rings. The van der Waals surface area contributed by atoms with Gasteiger partial charge in [-0.05, 0) is 36.8 Å². The third-order valence-electron chi connectivity index (χ3n) is 5.74. The van der Waals surface area contributed by atoms with Gasteiger partial charge in [0.2, 0.25) is 5.88 Å². The number of aryl methyl sites for hydroxylation is 3. The Kier molecular flexibility index (Phi) is 6.64. The number of carbonyl (C=O) groups excluding carboxylic acids is 1. The minimum Gasteiger partial charge on any atom is -0.470 e. The maximum Gasteiger partial charge on any atom is 0.215 e. The summed E-state index contributed by atoms with van der Waals surface area (Å²) >= 11 is 0. The lowest BCUT2D eigenvalue weighted by Crippen LogP contribution is -2.15. The normalized spacial score (nSPS) is 12.1. The monoisotopic (exact) mass is 427 g/mol. The van der Waals surface area contributed by atoms with E-state index in [0.29, 0.717) is 18.2 Å². The summed E-state index contributed by atoms with van der Waals surface area (Å²) in [6, 6.07) is 22.4. The van der Waals surface area contributed by atoms with Crippen LogP contribution in [0.2, 0.25) is 0 Å². The van der Waals surface area contributed by atoms with E-state index in [9.17, 15) is 4.79 Å². The number of ketones is 1. The molecule has 0 bridgehead atoms. The van der Waals surface area contributed by atoms with Crippen molar-refractivity contribution >= 4 is 16.8 Å². The summed E-state index contributed by atoms with van der Waals surface area (Å²) in [5.74, 6) is 0.872. The van der Waals surface area contributed by atoms with Crippen molar-refractivity contribution in [2.75, 3.05) is 6.61 Å². The van der Waals surface area contributed by atoms with Crippen molar-refractivity contribution < 1.29 is 9.53 Å². The fourth-order valence-electron chi connectivity index (χ4n) is 4.03. The zero-order chi connectivity index (χ0) is 22.5. The fraction of sp³-hybridized carbons (Fsp3) is 0.296. The van der Waals surface area contributed by atoms with Crippen LogP contribution in [0.5, 0.6) is 5.88 Å². The van der Waals surface area contributed by atoms with Crippen LogP contribution < -0.4 is 4.74 Å². The predicted molar refractivity (Wildman–Crippen MR) is 128 cm³/mol. The Morgan fingerprint density at radius 1 is 1.06 bits per heavy atom. The number of carbonyl (C=O) groups is 1. The second-order valence-corrected chi connectivity index (χ2v) is 8.48. The summed E-state index contributed by atoms with van der Waals surface area (Å²) in [7, 11) is 1.88. The fourth-order valence-corrected chi connectivity index (χ4v) is 4.03. The van der Waals surface area contributed by atoms with E-state index < -0.39 is 0 Å². The van der Waals surface area contributed by atoms with Gasteiger partial charge in [0.15, 0.2) is 11.4 Å². The van der Waals surface area contributed by atoms with Crippen molar-refractivity contribution in [3.05, 3.63) is 77.9 Å². The molecule has 0 saturated heterocycles. The number of hydrogen-bond donors (Lipinski definition) is 0. The highest BCUT2D eigenvalue weighted by molar-refractivity contribution is 5.94. The molecule has 0 spiro atoms.